The van der Waals surface area contributed by atoms with Crippen LogP contribution in [0.5, 0.6) is 0 Å². The molecule has 1 fully saturated rings. The van der Waals surface area contributed by atoms with Crippen LogP contribution in [0.25, 0.3) is 0 Å². The first kappa shape index (κ1) is 10.2. The summed E-state index contributed by atoms with van der Waals surface area (Å²) in [4.78, 5) is 17.5. The second kappa shape index (κ2) is 4.14. The van der Waals surface area contributed by atoms with Gasteiger partial charge in [-0.1, -0.05) is 0 Å². The lowest BCUT2D eigenvalue weighted by Crippen LogP contribution is -2.26. The number of rotatable bonds is 2. The molecule has 1 N–H and O–H groups in total. The fourth-order valence-electron chi connectivity index (χ4n) is 2.21. The van der Waals surface area contributed by atoms with Crippen molar-refractivity contribution < 1.29 is 9.53 Å². The van der Waals surface area contributed by atoms with Gasteiger partial charge in [0.1, 0.15) is 6.10 Å². The molecule has 0 saturated carbocycles. The van der Waals surface area contributed by atoms with Gasteiger partial charge >= 0.3 is 0 Å². The smallest absolute Gasteiger partial charge is 0.255 e. The van der Waals surface area contributed by atoms with E-state index in [4.69, 9.17) is 4.74 Å². The molecule has 0 unspecified atom stereocenters. The van der Waals surface area contributed by atoms with Crippen molar-refractivity contribution in [2.45, 2.75) is 38.2 Å². The number of anilines is 1. The molecular weight excluding hydrogens is 224 g/mol. The summed E-state index contributed by atoms with van der Waals surface area (Å²) in [5, 5.41) is 3.60. The molecule has 0 bridgehead atoms. The van der Waals surface area contributed by atoms with E-state index in [1.807, 2.05) is 0 Å². The number of thiazole rings is 1. The fraction of sp³-hybridized carbons (Fsp3) is 0.636. The summed E-state index contributed by atoms with van der Waals surface area (Å²) in [6, 6.07) is 0. The molecule has 16 heavy (non-hydrogen) atoms. The van der Waals surface area contributed by atoms with Crippen molar-refractivity contribution in [1.82, 2.24) is 4.98 Å². The van der Waals surface area contributed by atoms with Crippen molar-refractivity contribution in [3.63, 3.8) is 0 Å². The Bertz CT molecular complexity index is 389. The number of carbonyl (C=O) groups excluding carboxylic acids is 1. The monoisotopic (exact) mass is 238 g/mol. The van der Waals surface area contributed by atoms with Crippen molar-refractivity contribution in [1.29, 1.82) is 0 Å². The molecule has 1 amide bonds. The maximum atomic E-state index is 11.8. The maximum absolute atomic E-state index is 11.8. The molecule has 1 atom stereocenters. The first-order valence-electron chi connectivity index (χ1n) is 5.74. The average molecular weight is 238 g/mol. The normalized spacial score (nSPS) is 23.4. The van der Waals surface area contributed by atoms with E-state index < -0.39 is 0 Å². The van der Waals surface area contributed by atoms with Crippen LogP contribution >= 0.6 is 11.3 Å². The van der Waals surface area contributed by atoms with Gasteiger partial charge < -0.3 is 4.74 Å². The number of hydrogen-bond acceptors (Lipinski definition) is 4. The van der Waals surface area contributed by atoms with Crippen LogP contribution in [0.2, 0.25) is 0 Å². The summed E-state index contributed by atoms with van der Waals surface area (Å²) in [6.07, 6.45) is 4.92. The Balaban J connectivity index is 1.67. The van der Waals surface area contributed by atoms with E-state index >= 15 is 0 Å². The third kappa shape index (κ3) is 1.85. The summed E-state index contributed by atoms with van der Waals surface area (Å²) in [6.45, 7) is 0.701. The number of hydrogen-bond donors (Lipinski definition) is 1. The molecule has 1 aromatic rings. The quantitative estimate of drug-likeness (QED) is 0.854. The van der Waals surface area contributed by atoms with E-state index in [1.54, 1.807) is 11.3 Å². The van der Waals surface area contributed by atoms with Crippen LogP contribution in [0.15, 0.2) is 0 Å². The van der Waals surface area contributed by atoms with Gasteiger partial charge in [-0.2, -0.15) is 0 Å². The SMILES string of the molecule is O=C(Nc1nc2c(s1)CCC2)[C@@H]1CCCO1. The Kier molecular flexibility index (Phi) is 2.65. The minimum atomic E-state index is -0.265. The third-order valence-electron chi connectivity index (χ3n) is 3.05. The first-order valence-corrected chi connectivity index (χ1v) is 6.55. The average Bonchev–Trinajstić information content (AvgIpc) is 2.91. The Labute approximate surface area is 98.0 Å². The summed E-state index contributed by atoms with van der Waals surface area (Å²) in [5.74, 6) is -0.0371. The minimum Gasteiger partial charge on any atom is -0.368 e. The van der Waals surface area contributed by atoms with Crippen LogP contribution in [0.4, 0.5) is 5.13 Å². The standard InChI is InChI=1S/C11H14N2O2S/c14-10(8-4-2-6-15-8)13-11-12-7-3-1-5-9(7)16-11/h8H,1-6H2,(H,12,13,14)/t8-/m0/s1. The predicted octanol–water partition coefficient (Wildman–Crippen LogP) is 1.75. The van der Waals surface area contributed by atoms with E-state index in [1.165, 1.54) is 17.0 Å². The van der Waals surface area contributed by atoms with E-state index in [0.29, 0.717) is 6.61 Å². The molecule has 1 aliphatic heterocycles. The second-order valence-corrected chi connectivity index (χ2v) is 5.32. The highest BCUT2D eigenvalue weighted by Gasteiger charge is 2.25. The molecule has 2 heterocycles. The van der Waals surface area contributed by atoms with Gasteiger partial charge in [-0.15, -0.1) is 11.3 Å². The third-order valence-corrected chi connectivity index (χ3v) is 4.12. The van der Waals surface area contributed by atoms with Gasteiger partial charge in [0, 0.05) is 11.5 Å². The molecule has 1 saturated heterocycles. The molecule has 1 aromatic heterocycles. The molecule has 0 spiro atoms. The van der Waals surface area contributed by atoms with E-state index in [-0.39, 0.29) is 12.0 Å². The molecular formula is C11H14N2O2S. The summed E-state index contributed by atoms with van der Waals surface area (Å²) >= 11 is 1.61. The van der Waals surface area contributed by atoms with Crippen LogP contribution in [0, 0.1) is 0 Å². The molecule has 2 aliphatic rings. The van der Waals surface area contributed by atoms with Crippen molar-refractivity contribution in [3.8, 4) is 0 Å². The number of aryl methyl sites for hydroxylation is 2. The van der Waals surface area contributed by atoms with Crippen LogP contribution in [0.3, 0.4) is 0 Å². The lowest BCUT2D eigenvalue weighted by Gasteiger charge is -2.07. The van der Waals surface area contributed by atoms with Crippen LogP contribution < -0.4 is 5.32 Å². The lowest BCUT2D eigenvalue weighted by molar-refractivity contribution is -0.124. The van der Waals surface area contributed by atoms with E-state index in [0.717, 1.165) is 30.8 Å². The zero-order valence-electron chi connectivity index (χ0n) is 8.99. The highest BCUT2D eigenvalue weighted by atomic mass is 32.1. The summed E-state index contributed by atoms with van der Waals surface area (Å²) < 4.78 is 5.33. The molecule has 1 aliphatic carbocycles. The molecule has 0 aromatic carbocycles. The number of fused-ring (bicyclic) bond motifs is 1. The molecule has 3 rings (SSSR count). The van der Waals surface area contributed by atoms with Gasteiger partial charge in [-0.3, -0.25) is 10.1 Å². The van der Waals surface area contributed by atoms with Crippen molar-refractivity contribution in [2.24, 2.45) is 0 Å². The van der Waals surface area contributed by atoms with Crippen LogP contribution in [0.1, 0.15) is 29.8 Å². The summed E-state index contributed by atoms with van der Waals surface area (Å²) in [5.41, 5.74) is 1.17. The number of aromatic nitrogens is 1. The number of nitrogens with one attached hydrogen (secondary N) is 1. The Morgan fingerprint density at radius 3 is 3.12 bits per heavy atom. The lowest BCUT2D eigenvalue weighted by atomic mass is 10.2. The zero-order valence-corrected chi connectivity index (χ0v) is 9.81. The Hall–Kier alpha value is -0.940. The van der Waals surface area contributed by atoms with Crippen molar-refractivity contribution in [3.05, 3.63) is 10.6 Å². The summed E-state index contributed by atoms with van der Waals surface area (Å²) in [7, 11) is 0. The van der Waals surface area contributed by atoms with Crippen LogP contribution in [-0.4, -0.2) is 23.6 Å². The van der Waals surface area contributed by atoms with Crippen molar-refractivity contribution in [2.75, 3.05) is 11.9 Å². The topological polar surface area (TPSA) is 51.2 Å². The number of amides is 1. The van der Waals surface area contributed by atoms with Gasteiger partial charge in [-0.05, 0) is 32.1 Å². The first-order chi connectivity index (χ1) is 7.83. The maximum Gasteiger partial charge on any atom is 0.255 e. The van der Waals surface area contributed by atoms with Gasteiger partial charge in [-0.25, -0.2) is 4.98 Å². The zero-order chi connectivity index (χ0) is 11.0. The van der Waals surface area contributed by atoms with Crippen LogP contribution in [-0.2, 0) is 22.4 Å². The van der Waals surface area contributed by atoms with Gasteiger partial charge in [0.25, 0.3) is 5.91 Å². The molecule has 5 heteroatoms. The highest BCUT2D eigenvalue weighted by molar-refractivity contribution is 7.15. The van der Waals surface area contributed by atoms with E-state index in [9.17, 15) is 4.79 Å². The molecule has 86 valence electrons. The van der Waals surface area contributed by atoms with Crippen molar-refractivity contribution >= 4 is 22.4 Å². The second-order valence-electron chi connectivity index (χ2n) is 4.23. The largest absolute Gasteiger partial charge is 0.368 e. The van der Waals surface area contributed by atoms with E-state index in [2.05, 4.69) is 10.3 Å². The van der Waals surface area contributed by atoms with Gasteiger partial charge in [0.05, 0.1) is 5.69 Å². The predicted molar refractivity (Wildman–Crippen MR) is 61.7 cm³/mol. The Morgan fingerprint density at radius 1 is 1.44 bits per heavy atom. The van der Waals surface area contributed by atoms with Gasteiger partial charge in [0.2, 0.25) is 0 Å². The highest BCUT2D eigenvalue weighted by Crippen LogP contribution is 2.30. The molecule has 0 radical (unpaired) electrons. The number of nitrogens with zero attached hydrogens (tertiary/aromatic N) is 1. The van der Waals surface area contributed by atoms with Gasteiger partial charge in [0.15, 0.2) is 5.13 Å². The molecule has 4 nitrogen and oxygen atoms in total. The fourth-order valence-corrected chi connectivity index (χ4v) is 3.27. The number of ether oxygens (including phenoxy) is 1. The number of carbonyl (C=O) groups is 1. The Morgan fingerprint density at radius 2 is 2.38 bits per heavy atom. The minimum absolute atomic E-state index is 0.0371.